The number of thiophene rings is 1. The van der Waals surface area contributed by atoms with E-state index in [1.54, 1.807) is 23.6 Å². The first-order valence-electron chi connectivity index (χ1n) is 11.5. The molecule has 1 atom stereocenters. The molecule has 1 fully saturated rings. The van der Waals surface area contributed by atoms with Gasteiger partial charge in [-0.3, -0.25) is 9.71 Å². The van der Waals surface area contributed by atoms with E-state index in [2.05, 4.69) is 65.5 Å². The minimum atomic E-state index is -0.305. The summed E-state index contributed by atoms with van der Waals surface area (Å²) in [6.45, 7) is 3.67. The van der Waals surface area contributed by atoms with Crippen molar-refractivity contribution in [3.8, 4) is 0 Å². The van der Waals surface area contributed by atoms with Gasteiger partial charge in [-0.15, -0.1) is 11.3 Å². The molecule has 3 aromatic heterocycles. The van der Waals surface area contributed by atoms with Crippen molar-refractivity contribution in [3.63, 3.8) is 0 Å². The molecule has 9 nitrogen and oxygen atoms in total. The van der Waals surface area contributed by atoms with Gasteiger partial charge in [-0.05, 0) is 48.0 Å². The Labute approximate surface area is 212 Å². The second-order valence-corrected chi connectivity index (χ2v) is 10.3. The van der Waals surface area contributed by atoms with E-state index in [9.17, 15) is 4.79 Å². The van der Waals surface area contributed by atoms with Gasteiger partial charge in [-0.25, -0.2) is 9.78 Å². The number of carbonyl (C=O) groups excluding carboxylic acids is 1. The van der Waals surface area contributed by atoms with Gasteiger partial charge in [0, 0.05) is 42.5 Å². The van der Waals surface area contributed by atoms with E-state index in [0.29, 0.717) is 17.4 Å². The quantitative estimate of drug-likeness (QED) is 0.199. The van der Waals surface area contributed by atoms with Crippen molar-refractivity contribution >= 4 is 57.7 Å². The van der Waals surface area contributed by atoms with Crippen LogP contribution in [0.5, 0.6) is 0 Å². The smallest absolute Gasteiger partial charge is 0.329 e. The second kappa shape index (κ2) is 11.0. The fourth-order valence-electron chi connectivity index (χ4n) is 4.19. The molecule has 11 heteroatoms. The summed E-state index contributed by atoms with van der Waals surface area (Å²) in [5.41, 5.74) is 8.98. The SMILES string of the molecule is Nc1ccncc1NC(=O)NSCCN1CCC(Nc2nc3ccccc3n2Cc2cccs2)C1. The molecule has 5 N–H and O–H groups in total. The van der Waals surface area contributed by atoms with Crippen LogP contribution in [0.1, 0.15) is 11.3 Å². The van der Waals surface area contributed by atoms with Crippen LogP contribution >= 0.6 is 23.3 Å². The molecule has 5 rings (SSSR count). The van der Waals surface area contributed by atoms with Gasteiger partial charge in [0.1, 0.15) is 0 Å². The highest BCUT2D eigenvalue weighted by Crippen LogP contribution is 2.24. The van der Waals surface area contributed by atoms with Crippen LogP contribution < -0.4 is 21.1 Å². The lowest BCUT2D eigenvalue weighted by molar-refractivity contribution is 0.257. The Kier molecular flexibility index (Phi) is 7.36. The highest BCUT2D eigenvalue weighted by Gasteiger charge is 2.24. The molecule has 4 aromatic rings. The molecule has 182 valence electrons. The first-order valence-corrected chi connectivity index (χ1v) is 13.4. The number of imidazole rings is 1. The van der Waals surface area contributed by atoms with Crippen molar-refractivity contribution in [3.05, 3.63) is 65.1 Å². The van der Waals surface area contributed by atoms with Gasteiger partial charge in [-0.2, -0.15) is 0 Å². The molecule has 0 saturated carbocycles. The van der Waals surface area contributed by atoms with Gasteiger partial charge in [0.05, 0.1) is 35.1 Å². The number of nitrogens with one attached hydrogen (secondary N) is 3. The number of likely N-dealkylation sites (tertiary alicyclic amines) is 1. The van der Waals surface area contributed by atoms with Gasteiger partial charge in [0.2, 0.25) is 5.95 Å². The largest absolute Gasteiger partial charge is 0.397 e. The summed E-state index contributed by atoms with van der Waals surface area (Å²) in [5, 5.41) is 8.52. The number of urea groups is 1. The molecular formula is C24H28N8OS2. The number of nitrogens with two attached hydrogens (primary N) is 1. The number of hydrogen-bond donors (Lipinski definition) is 4. The number of amides is 2. The van der Waals surface area contributed by atoms with Crippen LogP contribution in [0.25, 0.3) is 11.0 Å². The highest BCUT2D eigenvalue weighted by molar-refractivity contribution is 7.97. The van der Waals surface area contributed by atoms with E-state index in [4.69, 9.17) is 10.7 Å². The van der Waals surface area contributed by atoms with Crippen molar-refractivity contribution in [2.24, 2.45) is 0 Å². The molecule has 0 aliphatic carbocycles. The summed E-state index contributed by atoms with van der Waals surface area (Å²) in [7, 11) is 0. The van der Waals surface area contributed by atoms with Gasteiger partial charge in [0.25, 0.3) is 0 Å². The Hall–Kier alpha value is -3.28. The van der Waals surface area contributed by atoms with Crippen LogP contribution in [0.3, 0.4) is 0 Å². The van der Waals surface area contributed by atoms with Gasteiger partial charge in [0.15, 0.2) is 0 Å². The van der Waals surface area contributed by atoms with E-state index >= 15 is 0 Å². The van der Waals surface area contributed by atoms with Gasteiger partial charge >= 0.3 is 6.03 Å². The highest BCUT2D eigenvalue weighted by atomic mass is 32.2. The number of fused-ring (bicyclic) bond motifs is 1. The number of anilines is 3. The maximum Gasteiger partial charge on any atom is 0.329 e. The number of aromatic nitrogens is 3. The monoisotopic (exact) mass is 508 g/mol. The molecule has 1 unspecified atom stereocenters. The number of rotatable bonds is 9. The normalized spacial score (nSPS) is 15.9. The summed E-state index contributed by atoms with van der Waals surface area (Å²) < 4.78 is 5.08. The fraction of sp³-hybridized carbons (Fsp3) is 0.292. The number of pyridine rings is 1. The standard InChI is InChI=1S/C24H28N8OS2/c25-19-7-9-26-14-21(19)29-24(33)30-35-13-11-31-10-8-17(15-31)27-23-28-20-5-1-2-6-22(20)32(23)16-18-4-3-12-34-18/h1-7,9,12,14,17H,8,10-11,13,15-16H2,(H2,25,26)(H,27,28)(H2,29,30,33). The molecule has 1 aliphatic heterocycles. The van der Waals surface area contributed by atoms with E-state index in [1.165, 1.54) is 23.0 Å². The minimum absolute atomic E-state index is 0.305. The third-order valence-corrected chi connectivity index (χ3v) is 7.51. The average molecular weight is 509 g/mol. The minimum Gasteiger partial charge on any atom is -0.397 e. The van der Waals surface area contributed by atoms with Crippen LogP contribution in [-0.4, -0.2) is 56.9 Å². The van der Waals surface area contributed by atoms with E-state index in [1.807, 2.05) is 6.07 Å². The maximum absolute atomic E-state index is 12.1. The third kappa shape index (κ3) is 5.87. The van der Waals surface area contributed by atoms with Crippen molar-refractivity contribution in [1.82, 2.24) is 24.2 Å². The maximum atomic E-state index is 12.1. The predicted molar refractivity (Wildman–Crippen MR) is 145 cm³/mol. The first-order chi connectivity index (χ1) is 17.2. The van der Waals surface area contributed by atoms with Crippen LogP contribution in [0.4, 0.5) is 22.1 Å². The molecule has 0 spiro atoms. The summed E-state index contributed by atoms with van der Waals surface area (Å²) in [6.07, 6.45) is 4.18. The molecule has 1 aromatic carbocycles. The molecule has 1 aliphatic rings. The summed E-state index contributed by atoms with van der Waals surface area (Å²) in [6, 6.07) is 14.2. The number of hydrogen-bond acceptors (Lipinski definition) is 8. The Morgan fingerprint density at radius 2 is 2.14 bits per heavy atom. The van der Waals surface area contributed by atoms with Gasteiger partial charge < -0.3 is 25.8 Å². The Bertz CT molecular complexity index is 1280. The van der Waals surface area contributed by atoms with Crippen LogP contribution in [0, 0.1) is 0 Å². The first kappa shape index (κ1) is 23.5. The van der Waals surface area contributed by atoms with Crippen LogP contribution in [-0.2, 0) is 6.54 Å². The Morgan fingerprint density at radius 3 is 3.00 bits per heavy atom. The zero-order valence-electron chi connectivity index (χ0n) is 19.2. The lowest BCUT2D eigenvalue weighted by atomic mass is 10.3. The van der Waals surface area contributed by atoms with Crippen molar-refractivity contribution in [2.45, 2.75) is 19.0 Å². The van der Waals surface area contributed by atoms with Crippen molar-refractivity contribution < 1.29 is 4.79 Å². The average Bonchev–Trinajstić information content (AvgIpc) is 3.60. The summed E-state index contributed by atoms with van der Waals surface area (Å²) >= 11 is 3.15. The van der Waals surface area contributed by atoms with Crippen molar-refractivity contribution in [1.29, 1.82) is 0 Å². The number of carbonyl (C=O) groups is 1. The zero-order chi connectivity index (χ0) is 24.0. The molecule has 4 heterocycles. The number of benzene rings is 1. The van der Waals surface area contributed by atoms with Crippen molar-refractivity contribution in [2.75, 3.05) is 41.8 Å². The lowest BCUT2D eigenvalue weighted by Gasteiger charge is -2.18. The Balaban J connectivity index is 1.10. The second-order valence-electron chi connectivity index (χ2n) is 8.39. The topological polar surface area (TPSA) is 113 Å². The molecule has 1 saturated heterocycles. The molecule has 2 amide bonds. The summed E-state index contributed by atoms with van der Waals surface area (Å²) in [4.78, 5) is 24.7. The molecule has 0 bridgehead atoms. The summed E-state index contributed by atoms with van der Waals surface area (Å²) in [5.74, 6) is 1.72. The van der Waals surface area contributed by atoms with Gasteiger partial charge in [-0.1, -0.05) is 18.2 Å². The van der Waals surface area contributed by atoms with E-state index < -0.39 is 0 Å². The van der Waals surface area contributed by atoms with E-state index in [0.717, 1.165) is 55.3 Å². The zero-order valence-corrected chi connectivity index (χ0v) is 20.8. The number of nitrogen functional groups attached to an aromatic ring is 1. The predicted octanol–water partition coefficient (Wildman–Crippen LogP) is 4.08. The fourth-order valence-corrected chi connectivity index (χ4v) is 5.52. The van der Waals surface area contributed by atoms with E-state index in [-0.39, 0.29) is 6.03 Å². The number of para-hydroxylation sites is 2. The molecule has 35 heavy (non-hydrogen) atoms. The van der Waals surface area contributed by atoms with Crippen LogP contribution in [0.2, 0.25) is 0 Å². The number of nitrogens with zero attached hydrogens (tertiary/aromatic N) is 4. The Morgan fingerprint density at radius 1 is 1.23 bits per heavy atom. The molecular weight excluding hydrogens is 480 g/mol. The van der Waals surface area contributed by atoms with Crippen LogP contribution in [0.15, 0.2) is 60.2 Å². The third-order valence-electron chi connectivity index (χ3n) is 5.93. The molecule has 0 radical (unpaired) electrons. The lowest BCUT2D eigenvalue weighted by Crippen LogP contribution is -2.30.